The fourth-order valence-corrected chi connectivity index (χ4v) is 5.90. The summed E-state index contributed by atoms with van der Waals surface area (Å²) in [5.74, 6) is 0.0426. The minimum Gasteiger partial charge on any atom is -0.339 e. The lowest BCUT2D eigenvalue weighted by Crippen LogP contribution is -2.54. The maximum Gasteiger partial charge on any atom is 0.244 e. The first kappa shape index (κ1) is 23.4. The molecule has 2 fully saturated rings. The Kier molecular flexibility index (Phi) is 7.40. The molecule has 0 bridgehead atoms. The van der Waals surface area contributed by atoms with Gasteiger partial charge in [-0.05, 0) is 17.7 Å². The second-order valence-corrected chi connectivity index (χ2v) is 10.3. The molecule has 0 radical (unpaired) electrons. The zero-order valence-corrected chi connectivity index (χ0v) is 19.5. The molecule has 0 saturated carbocycles. The van der Waals surface area contributed by atoms with Gasteiger partial charge in [0.1, 0.15) is 6.07 Å². The third-order valence-corrected chi connectivity index (χ3v) is 8.25. The number of carbonyl (C=O) groups is 1. The van der Waals surface area contributed by atoms with E-state index in [2.05, 4.69) is 34.1 Å². The molecule has 33 heavy (non-hydrogen) atoms. The Hall–Kier alpha value is -2.77. The van der Waals surface area contributed by atoms with Crippen molar-refractivity contribution < 1.29 is 13.2 Å². The Labute approximate surface area is 195 Å². The third-order valence-electron chi connectivity index (χ3n) is 6.29. The largest absolute Gasteiger partial charge is 0.339 e. The normalized spacial score (nSPS) is 18.7. The topological polar surface area (TPSA) is 88.0 Å². The first-order chi connectivity index (χ1) is 16.0. The molecule has 2 saturated heterocycles. The maximum atomic E-state index is 13.0. The summed E-state index contributed by atoms with van der Waals surface area (Å²) in [6.07, 6.45) is 0. The molecule has 0 spiro atoms. The van der Waals surface area contributed by atoms with E-state index in [4.69, 9.17) is 0 Å². The fraction of sp³-hybridized carbons (Fsp3) is 0.417. The zero-order chi connectivity index (χ0) is 23.3. The molecule has 1 amide bonds. The number of hydrogen-bond acceptors (Lipinski definition) is 6. The van der Waals surface area contributed by atoms with Crippen LogP contribution in [0.25, 0.3) is 0 Å². The van der Waals surface area contributed by atoms with Crippen LogP contribution < -0.4 is 0 Å². The molecule has 0 unspecified atom stereocenters. The Bertz CT molecular complexity index is 1100. The smallest absolute Gasteiger partial charge is 0.244 e. The van der Waals surface area contributed by atoms with Gasteiger partial charge < -0.3 is 4.90 Å². The summed E-state index contributed by atoms with van der Waals surface area (Å²) in [6, 6.07) is 18.6. The highest BCUT2D eigenvalue weighted by atomic mass is 32.2. The van der Waals surface area contributed by atoms with Gasteiger partial charge in [-0.15, -0.1) is 0 Å². The van der Waals surface area contributed by atoms with E-state index in [9.17, 15) is 18.5 Å². The van der Waals surface area contributed by atoms with Gasteiger partial charge in [-0.3, -0.25) is 14.6 Å². The lowest BCUT2D eigenvalue weighted by atomic mass is 10.2. The number of nitrogens with zero attached hydrogens (tertiary/aromatic N) is 5. The SMILES string of the molecule is N#Cc1ccccc1S(=O)(=O)N1CCN(C(=O)CN2CCN(Cc3ccccc3)CC2)CC1. The van der Waals surface area contributed by atoms with Crippen molar-refractivity contribution in [1.82, 2.24) is 19.0 Å². The number of amides is 1. The van der Waals surface area contributed by atoms with Crippen LogP contribution in [0.4, 0.5) is 0 Å². The van der Waals surface area contributed by atoms with Crippen molar-refractivity contribution in [2.45, 2.75) is 11.4 Å². The van der Waals surface area contributed by atoms with Crippen LogP contribution in [0.15, 0.2) is 59.5 Å². The van der Waals surface area contributed by atoms with Gasteiger partial charge in [-0.1, -0.05) is 42.5 Å². The summed E-state index contributed by atoms with van der Waals surface area (Å²) in [5.41, 5.74) is 1.44. The van der Waals surface area contributed by atoms with Crippen LogP contribution in [-0.4, -0.2) is 92.2 Å². The molecule has 174 valence electrons. The van der Waals surface area contributed by atoms with Crippen molar-refractivity contribution in [3.05, 3.63) is 65.7 Å². The van der Waals surface area contributed by atoms with Gasteiger partial charge >= 0.3 is 0 Å². The van der Waals surface area contributed by atoms with Crippen molar-refractivity contribution in [2.75, 3.05) is 58.9 Å². The zero-order valence-electron chi connectivity index (χ0n) is 18.6. The highest BCUT2D eigenvalue weighted by Crippen LogP contribution is 2.21. The molecular formula is C24H29N5O3S. The molecule has 4 rings (SSSR count). The number of nitriles is 1. The van der Waals surface area contributed by atoms with Crippen LogP contribution >= 0.6 is 0 Å². The van der Waals surface area contributed by atoms with Crippen molar-refractivity contribution in [1.29, 1.82) is 5.26 Å². The minimum absolute atomic E-state index is 0.0284. The average Bonchev–Trinajstić information content (AvgIpc) is 2.86. The van der Waals surface area contributed by atoms with E-state index >= 15 is 0 Å². The molecule has 0 aliphatic carbocycles. The Morgan fingerprint density at radius 3 is 2.09 bits per heavy atom. The highest BCUT2D eigenvalue weighted by molar-refractivity contribution is 7.89. The van der Waals surface area contributed by atoms with E-state index in [1.807, 2.05) is 12.1 Å². The number of carbonyl (C=O) groups excluding carboxylic acids is 1. The van der Waals surface area contributed by atoms with Crippen LogP contribution in [0.1, 0.15) is 11.1 Å². The number of rotatable bonds is 6. The van der Waals surface area contributed by atoms with Gasteiger partial charge in [0.05, 0.1) is 17.0 Å². The summed E-state index contributed by atoms with van der Waals surface area (Å²) in [7, 11) is -3.76. The highest BCUT2D eigenvalue weighted by Gasteiger charge is 2.32. The molecule has 2 heterocycles. The van der Waals surface area contributed by atoms with Crippen molar-refractivity contribution in [3.63, 3.8) is 0 Å². The first-order valence-corrected chi connectivity index (χ1v) is 12.7. The van der Waals surface area contributed by atoms with Gasteiger partial charge in [0.2, 0.25) is 15.9 Å². The molecular weight excluding hydrogens is 438 g/mol. The Morgan fingerprint density at radius 1 is 0.818 bits per heavy atom. The quantitative estimate of drug-likeness (QED) is 0.635. The Morgan fingerprint density at radius 2 is 1.42 bits per heavy atom. The lowest BCUT2D eigenvalue weighted by molar-refractivity contribution is -0.134. The summed E-state index contributed by atoms with van der Waals surface area (Å²) in [6.45, 7) is 6.02. The van der Waals surface area contributed by atoms with Gasteiger partial charge in [-0.2, -0.15) is 9.57 Å². The summed E-state index contributed by atoms with van der Waals surface area (Å²) in [4.78, 5) is 19.2. The number of benzene rings is 2. The second-order valence-electron chi connectivity index (χ2n) is 8.43. The van der Waals surface area contributed by atoms with E-state index < -0.39 is 10.0 Å². The van der Waals surface area contributed by atoms with Crippen molar-refractivity contribution >= 4 is 15.9 Å². The molecule has 9 heteroatoms. The van der Waals surface area contributed by atoms with Gasteiger partial charge in [0.15, 0.2) is 0 Å². The van der Waals surface area contributed by atoms with Crippen LogP contribution in [0.2, 0.25) is 0 Å². The summed E-state index contributed by atoms with van der Waals surface area (Å²) in [5, 5.41) is 9.25. The molecule has 8 nitrogen and oxygen atoms in total. The van der Waals surface area contributed by atoms with Crippen molar-refractivity contribution in [2.24, 2.45) is 0 Å². The average molecular weight is 468 g/mol. The van der Waals surface area contributed by atoms with E-state index in [0.29, 0.717) is 19.6 Å². The third kappa shape index (κ3) is 5.60. The van der Waals surface area contributed by atoms with E-state index in [1.54, 1.807) is 17.0 Å². The van der Waals surface area contributed by atoms with Crippen LogP contribution in [-0.2, 0) is 21.4 Å². The summed E-state index contributed by atoms with van der Waals surface area (Å²) >= 11 is 0. The monoisotopic (exact) mass is 467 g/mol. The molecule has 0 atom stereocenters. The van der Waals surface area contributed by atoms with E-state index in [1.165, 1.54) is 22.0 Å². The number of sulfonamides is 1. The predicted molar refractivity (Wildman–Crippen MR) is 125 cm³/mol. The molecule has 0 aromatic heterocycles. The van der Waals surface area contributed by atoms with Gasteiger partial charge in [0.25, 0.3) is 0 Å². The Balaban J connectivity index is 1.25. The number of piperazine rings is 2. The summed E-state index contributed by atoms with van der Waals surface area (Å²) < 4.78 is 27.3. The van der Waals surface area contributed by atoms with Crippen LogP contribution in [0.5, 0.6) is 0 Å². The van der Waals surface area contributed by atoms with E-state index in [0.717, 1.165) is 32.7 Å². The fourth-order valence-electron chi connectivity index (χ4n) is 4.34. The maximum absolute atomic E-state index is 13.0. The second kappa shape index (κ2) is 10.4. The van der Waals surface area contributed by atoms with Gasteiger partial charge in [-0.25, -0.2) is 8.42 Å². The van der Waals surface area contributed by atoms with Crippen molar-refractivity contribution in [3.8, 4) is 6.07 Å². The molecule has 2 aliphatic rings. The lowest BCUT2D eigenvalue weighted by Gasteiger charge is -2.37. The molecule has 0 N–H and O–H groups in total. The van der Waals surface area contributed by atoms with Crippen LogP contribution in [0.3, 0.4) is 0 Å². The van der Waals surface area contributed by atoms with Gasteiger partial charge in [0, 0.05) is 58.9 Å². The molecule has 2 aromatic carbocycles. The van der Waals surface area contributed by atoms with E-state index in [-0.39, 0.29) is 29.5 Å². The minimum atomic E-state index is -3.76. The molecule has 2 aromatic rings. The van der Waals surface area contributed by atoms with Crippen LogP contribution in [0, 0.1) is 11.3 Å². The first-order valence-electron chi connectivity index (χ1n) is 11.2. The predicted octanol–water partition coefficient (Wildman–Crippen LogP) is 1.21. The molecule has 2 aliphatic heterocycles. The number of hydrogen-bond donors (Lipinski definition) is 0. The standard InChI is InChI=1S/C24H29N5O3S/c25-18-22-8-4-5-9-23(22)33(31,32)29-16-14-28(15-17-29)24(30)20-27-12-10-26(11-13-27)19-21-6-2-1-3-7-21/h1-9H,10-17,19-20H2.